The van der Waals surface area contributed by atoms with Crippen LogP contribution in [0.25, 0.3) is 11.0 Å². The number of fused-ring (bicyclic) bond motifs is 1. The number of thioether (sulfide) groups is 1. The van der Waals surface area contributed by atoms with Crippen LogP contribution in [-0.4, -0.2) is 35.6 Å². The van der Waals surface area contributed by atoms with E-state index in [0.29, 0.717) is 23.8 Å². The number of nitrogens with zero attached hydrogens (tertiary/aromatic N) is 3. The molecule has 0 bridgehead atoms. The number of hydrogen-bond acceptors (Lipinski definition) is 5. The smallest absolute Gasteiger partial charge is 0.169 e. The molecule has 5 nitrogen and oxygen atoms in total. The molecule has 3 rings (SSSR count). The fourth-order valence-electron chi connectivity index (χ4n) is 2.51. The zero-order valence-electron chi connectivity index (χ0n) is 14.3. The van der Waals surface area contributed by atoms with E-state index in [2.05, 4.69) is 15.6 Å². The average molecular weight is 388 g/mol. The minimum absolute atomic E-state index is 0.546. The van der Waals surface area contributed by atoms with Gasteiger partial charge in [0.2, 0.25) is 0 Å². The van der Waals surface area contributed by atoms with Crippen molar-refractivity contribution in [3.8, 4) is 11.8 Å². The number of imidazole rings is 1. The molecule has 3 aromatic rings. The molecule has 0 unspecified atom stereocenters. The Morgan fingerprint density at radius 1 is 1.19 bits per heavy atom. The number of rotatable bonds is 8. The Morgan fingerprint density at radius 2 is 2.00 bits per heavy atom. The minimum Gasteiger partial charge on any atom is -0.493 e. The second kappa shape index (κ2) is 8.95. The lowest BCUT2D eigenvalue weighted by atomic mass is 10.2. The van der Waals surface area contributed by atoms with Crippen LogP contribution in [0.4, 0.5) is 0 Å². The van der Waals surface area contributed by atoms with Gasteiger partial charge in [-0.1, -0.05) is 23.4 Å². The van der Waals surface area contributed by atoms with E-state index in [-0.39, 0.29) is 0 Å². The Labute approximate surface area is 161 Å². The van der Waals surface area contributed by atoms with Gasteiger partial charge < -0.3 is 14.0 Å². The molecule has 0 atom stereocenters. The van der Waals surface area contributed by atoms with Gasteiger partial charge in [-0.25, -0.2) is 4.98 Å². The predicted octanol–water partition coefficient (Wildman–Crippen LogP) is 4.38. The van der Waals surface area contributed by atoms with Gasteiger partial charge >= 0.3 is 0 Å². The third-order valence-corrected chi connectivity index (χ3v) is 4.94. The summed E-state index contributed by atoms with van der Waals surface area (Å²) in [6.45, 7) is 1.89. The standard InChI is InChI=1S/C19H18ClN3O2S/c1-24-9-8-23-18-7-4-15(20)12-17(18)22-19(23)26-11-10-25-16-5-2-14(13-21)3-6-16/h2-7,12H,8-11H2,1H3. The highest BCUT2D eigenvalue weighted by Crippen LogP contribution is 2.26. The lowest BCUT2D eigenvalue weighted by Crippen LogP contribution is -2.07. The lowest BCUT2D eigenvalue weighted by molar-refractivity contribution is 0.186. The van der Waals surface area contributed by atoms with E-state index >= 15 is 0 Å². The quantitative estimate of drug-likeness (QED) is 0.424. The van der Waals surface area contributed by atoms with Gasteiger partial charge in [0.1, 0.15) is 5.75 Å². The molecule has 1 aromatic heterocycles. The largest absolute Gasteiger partial charge is 0.493 e. The highest BCUT2D eigenvalue weighted by Gasteiger charge is 2.11. The maximum absolute atomic E-state index is 8.81. The highest BCUT2D eigenvalue weighted by atomic mass is 35.5. The molecule has 0 fully saturated rings. The second-order valence-corrected chi connectivity index (χ2v) is 7.00. The molecule has 26 heavy (non-hydrogen) atoms. The molecule has 0 aliphatic heterocycles. The number of methoxy groups -OCH3 is 1. The van der Waals surface area contributed by atoms with Crippen LogP contribution in [0.3, 0.4) is 0 Å². The Balaban J connectivity index is 1.64. The third kappa shape index (κ3) is 4.50. The number of nitriles is 1. The van der Waals surface area contributed by atoms with Crippen LogP contribution in [0.1, 0.15) is 5.56 Å². The summed E-state index contributed by atoms with van der Waals surface area (Å²) in [7, 11) is 1.69. The molecule has 0 radical (unpaired) electrons. The number of halogens is 1. The molecule has 0 saturated heterocycles. The van der Waals surface area contributed by atoms with Gasteiger partial charge in [-0.15, -0.1) is 0 Å². The molecule has 0 amide bonds. The molecule has 0 N–H and O–H groups in total. The maximum Gasteiger partial charge on any atom is 0.169 e. The Kier molecular flexibility index (Phi) is 6.40. The fourth-order valence-corrected chi connectivity index (χ4v) is 3.53. The van der Waals surface area contributed by atoms with Crippen molar-refractivity contribution in [2.75, 3.05) is 26.1 Å². The van der Waals surface area contributed by atoms with Crippen molar-refractivity contribution >= 4 is 34.4 Å². The van der Waals surface area contributed by atoms with Crippen molar-refractivity contribution in [2.24, 2.45) is 0 Å². The van der Waals surface area contributed by atoms with E-state index in [1.807, 2.05) is 18.2 Å². The molecule has 134 valence electrons. The third-order valence-electron chi connectivity index (χ3n) is 3.76. The van der Waals surface area contributed by atoms with Crippen LogP contribution < -0.4 is 4.74 Å². The molecule has 2 aromatic carbocycles. The van der Waals surface area contributed by atoms with Crippen molar-refractivity contribution in [1.82, 2.24) is 9.55 Å². The predicted molar refractivity (Wildman–Crippen MR) is 104 cm³/mol. The zero-order chi connectivity index (χ0) is 18.4. The number of ether oxygens (including phenoxy) is 2. The SMILES string of the molecule is COCCn1c(SCCOc2ccc(C#N)cc2)nc2cc(Cl)ccc21. The Bertz CT molecular complexity index is 919. The van der Waals surface area contributed by atoms with Crippen LogP contribution in [0, 0.1) is 11.3 Å². The minimum atomic E-state index is 0.546. The summed E-state index contributed by atoms with van der Waals surface area (Å²) in [6.07, 6.45) is 0. The zero-order valence-corrected chi connectivity index (χ0v) is 15.9. The van der Waals surface area contributed by atoms with Gasteiger partial charge in [0.25, 0.3) is 0 Å². The van der Waals surface area contributed by atoms with Crippen LogP contribution in [0.15, 0.2) is 47.6 Å². The first-order valence-electron chi connectivity index (χ1n) is 8.12. The van der Waals surface area contributed by atoms with Gasteiger partial charge in [0.05, 0.1) is 35.9 Å². The van der Waals surface area contributed by atoms with E-state index in [0.717, 1.165) is 34.2 Å². The second-order valence-electron chi connectivity index (χ2n) is 5.50. The number of hydrogen-bond donors (Lipinski definition) is 0. The van der Waals surface area contributed by atoms with Gasteiger partial charge in [-0.3, -0.25) is 0 Å². The fraction of sp³-hybridized carbons (Fsp3) is 0.263. The van der Waals surface area contributed by atoms with Crippen molar-refractivity contribution in [1.29, 1.82) is 5.26 Å². The van der Waals surface area contributed by atoms with Crippen molar-refractivity contribution < 1.29 is 9.47 Å². The summed E-state index contributed by atoms with van der Waals surface area (Å²) in [4.78, 5) is 4.69. The first-order valence-corrected chi connectivity index (χ1v) is 9.48. The van der Waals surface area contributed by atoms with E-state index < -0.39 is 0 Å². The van der Waals surface area contributed by atoms with E-state index in [1.165, 1.54) is 0 Å². The molecule has 0 spiro atoms. The van der Waals surface area contributed by atoms with Gasteiger partial charge in [0.15, 0.2) is 5.16 Å². The van der Waals surface area contributed by atoms with E-state index in [1.54, 1.807) is 43.1 Å². The summed E-state index contributed by atoms with van der Waals surface area (Å²) >= 11 is 7.71. The molecule has 7 heteroatoms. The normalized spacial score (nSPS) is 10.8. The Hall–Kier alpha value is -2.20. The van der Waals surface area contributed by atoms with Crippen LogP contribution >= 0.6 is 23.4 Å². The molecular weight excluding hydrogens is 370 g/mol. The van der Waals surface area contributed by atoms with Crippen LogP contribution in [-0.2, 0) is 11.3 Å². The van der Waals surface area contributed by atoms with E-state index in [9.17, 15) is 0 Å². The molecule has 0 saturated carbocycles. The molecule has 0 aliphatic rings. The van der Waals surface area contributed by atoms with Crippen LogP contribution in [0.5, 0.6) is 5.75 Å². The first kappa shape index (κ1) is 18.6. The summed E-state index contributed by atoms with van der Waals surface area (Å²) in [5.41, 5.74) is 2.54. The Morgan fingerprint density at radius 3 is 2.73 bits per heavy atom. The van der Waals surface area contributed by atoms with Gasteiger partial charge in [0, 0.05) is 24.4 Å². The van der Waals surface area contributed by atoms with Crippen LogP contribution in [0.2, 0.25) is 5.02 Å². The molecule has 0 aliphatic carbocycles. The summed E-state index contributed by atoms with van der Waals surface area (Å²) in [5.74, 6) is 1.51. The molecule has 1 heterocycles. The van der Waals surface area contributed by atoms with Gasteiger partial charge in [-0.2, -0.15) is 5.26 Å². The lowest BCUT2D eigenvalue weighted by Gasteiger charge is -2.09. The topological polar surface area (TPSA) is 60.1 Å². The monoisotopic (exact) mass is 387 g/mol. The van der Waals surface area contributed by atoms with Gasteiger partial charge in [-0.05, 0) is 42.5 Å². The summed E-state index contributed by atoms with van der Waals surface area (Å²) < 4.78 is 13.1. The average Bonchev–Trinajstić information content (AvgIpc) is 3.00. The number of aromatic nitrogens is 2. The van der Waals surface area contributed by atoms with E-state index in [4.69, 9.17) is 26.3 Å². The molecular formula is C19H18ClN3O2S. The number of benzene rings is 2. The maximum atomic E-state index is 8.81. The van der Waals surface area contributed by atoms with Crippen molar-refractivity contribution in [3.63, 3.8) is 0 Å². The summed E-state index contributed by atoms with van der Waals surface area (Å²) in [6, 6.07) is 14.9. The first-order chi connectivity index (χ1) is 12.7. The highest BCUT2D eigenvalue weighted by molar-refractivity contribution is 7.99. The van der Waals surface area contributed by atoms with Crippen molar-refractivity contribution in [3.05, 3.63) is 53.1 Å². The van der Waals surface area contributed by atoms with Crippen molar-refractivity contribution in [2.45, 2.75) is 11.7 Å². The summed E-state index contributed by atoms with van der Waals surface area (Å²) in [5, 5.41) is 10.4.